The number of amides is 1. The average molecular weight is 85.0 g/mol. The first-order valence-corrected chi connectivity index (χ1v) is 0.993. The summed E-state index contributed by atoms with van der Waals surface area (Å²) in [5.74, 6) is -0.333. The Kier molecular flexibility index (Phi) is 24.6. The summed E-state index contributed by atoms with van der Waals surface area (Å²) in [5.41, 5.74) is 4.47. The molecule has 0 heterocycles. The molecule has 0 radical (unpaired) electrons. The third-order valence-corrected chi connectivity index (χ3v) is 0. The molecule has 0 spiro atoms. The SMILES string of the molecule is CC(N)=O.O.[LiH]. The van der Waals surface area contributed by atoms with Gasteiger partial charge in [0, 0.05) is 6.92 Å². The number of nitrogens with two attached hydrogens (primary N) is 1. The van der Waals surface area contributed by atoms with Crippen LogP contribution in [0.2, 0.25) is 0 Å². The van der Waals surface area contributed by atoms with Gasteiger partial charge in [0.05, 0.1) is 0 Å². The summed E-state index contributed by atoms with van der Waals surface area (Å²) in [6, 6.07) is 0. The summed E-state index contributed by atoms with van der Waals surface area (Å²) in [5, 5.41) is 0. The molecule has 0 aromatic rings. The van der Waals surface area contributed by atoms with E-state index in [0.717, 1.165) is 0 Å². The number of carbonyl (C=O) groups is 1. The molecule has 0 saturated heterocycles. The van der Waals surface area contributed by atoms with Gasteiger partial charge >= 0.3 is 18.9 Å². The van der Waals surface area contributed by atoms with Gasteiger partial charge in [-0.05, 0) is 0 Å². The van der Waals surface area contributed by atoms with Gasteiger partial charge < -0.3 is 11.2 Å². The molecule has 0 unspecified atom stereocenters. The minimum absolute atomic E-state index is 0. The zero-order valence-electron chi connectivity index (χ0n) is 2.99. The van der Waals surface area contributed by atoms with Crippen LogP contribution in [0.4, 0.5) is 0 Å². The van der Waals surface area contributed by atoms with Gasteiger partial charge in [-0.3, -0.25) is 4.79 Å². The second-order valence-electron chi connectivity index (χ2n) is 0.611. The van der Waals surface area contributed by atoms with Crippen molar-refractivity contribution in [3.63, 3.8) is 0 Å². The zero-order valence-corrected chi connectivity index (χ0v) is 2.99. The van der Waals surface area contributed by atoms with Crippen molar-refractivity contribution in [1.82, 2.24) is 0 Å². The number of primary amides is 1. The third kappa shape index (κ3) is 49200. The molecule has 0 saturated carbocycles. The molecule has 0 bridgehead atoms. The number of hydrogen-bond acceptors (Lipinski definition) is 1. The van der Waals surface area contributed by atoms with E-state index >= 15 is 0 Å². The summed E-state index contributed by atoms with van der Waals surface area (Å²) in [6.45, 7) is 1.31. The van der Waals surface area contributed by atoms with Crippen LogP contribution in [0.1, 0.15) is 6.92 Å². The number of carbonyl (C=O) groups excluding carboxylic acids is 1. The van der Waals surface area contributed by atoms with Crippen LogP contribution in [-0.4, -0.2) is 30.2 Å². The Morgan fingerprint density at radius 2 is 1.67 bits per heavy atom. The molecule has 0 rings (SSSR count). The van der Waals surface area contributed by atoms with Gasteiger partial charge in [-0.1, -0.05) is 0 Å². The van der Waals surface area contributed by atoms with Crippen LogP contribution in [-0.2, 0) is 4.79 Å². The maximum atomic E-state index is 9.22. The summed E-state index contributed by atoms with van der Waals surface area (Å²) in [4.78, 5) is 9.22. The fourth-order valence-electron chi connectivity index (χ4n) is 0. The van der Waals surface area contributed by atoms with Gasteiger partial charge in [-0.25, -0.2) is 0 Å². The van der Waals surface area contributed by atoms with E-state index in [9.17, 15) is 4.79 Å². The second-order valence-corrected chi connectivity index (χ2v) is 0.611. The maximum absolute atomic E-state index is 9.22. The van der Waals surface area contributed by atoms with E-state index in [1.807, 2.05) is 0 Å². The molecular formula is C2H8LiNO2. The van der Waals surface area contributed by atoms with Gasteiger partial charge in [0.15, 0.2) is 0 Å². The number of hydrogen-bond donors (Lipinski definition) is 1. The Hall–Kier alpha value is 0.0274. The standard InChI is InChI=1S/C2H5NO.Li.H2O.H/c1-2(3)4;;;/h1H3,(H2,3,4);;1H2;. The van der Waals surface area contributed by atoms with Crippen molar-refractivity contribution >= 4 is 24.8 Å². The molecule has 0 aliphatic carbocycles. The van der Waals surface area contributed by atoms with Crippen molar-refractivity contribution in [2.75, 3.05) is 0 Å². The van der Waals surface area contributed by atoms with E-state index in [1.165, 1.54) is 6.92 Å². The van der Waals surface area contributed by atoms with Crippen LogP contribution in [0.3, 0.4) is 0 Å². The van der Waals surface area contributed by atoms with Gasteiger partial charge in [-0.15, -0.1) is 0 Å². The molecule has 0 aromatic carbocycles. The Morgan fingerprint density at radius 3 is 1.67 bits per heavy atom. The average Bonchev–Trinajstić information content (AvgIpc) is 0.811. The van der Waals surface area contributed by atoms with Crippen molar-refractivity contribution in [2.45, 2.75) is 6.92 Å². The molecule has 4 heteroatoms. The van der Waals surface area contributed by atoms with E-state index in [4.69, 9.17) is 0 Å². The molecule has 0 aliphatic rings. The van der Waals surface area contributed by atoms with E-state index in [0.29, 0.717) is 0 Å². The summed E-state index contributed by atoms with van der Waals surface area (Å²) in [7, 11) is 0. The Morgan fingerprint density at radius 1 is 1.67 bits per heavy atom. The number of rotatable bonds is 0. The molecule has 0 aromatic heterocycles. The van der Waals surface area contributed by atoms with Crippen LogP contribution in [0, 0.1) is 0 Å². The molecule has 0 atom stereocenters. The van der Waals surface area contributed by atoms with Crippen molar-refractivity contribution in [1.29, 1.82) is 0 Å². The summed E-state index contributed by atoms with van der Waals surface area (Å²) >= 11 is 0. The van der Waals surface area contributed by atoms with Gasteiger partial charge in [-0.2, -0.15) is 0 Å². The third-order valence-electron chi connectivity index (χ3n) is 0. The van der Waals surface area contributed by atoms with Crippen LogP contribution >= 0.6 is 0 Å². The van der Waals surface area contributed by atoms with Crippen LogP contribution in [0.25, 0.3) is 0 Å². The Labute approximate surface area is 48.4 Å². The quantitative estimate of drug-likeness (QED) is 0.340. The van der Waals surface area contributed by atoms with Crippen molar-refractivity contribution < 1.29 is 10.3 Å². The molecule has 4 N–H and O–H groups in total. The van der Waals surface area contributed by atoms with Crippen LogP contribution < -0.4 is 5.73 Å². The van der Waals surface area contributed by atoms with Crippen molar-refractivity contribution in [3.05, 3.63) is 0 Å². The Balaban J connectivity index is -0.0000000450. The van der Waals surface area contributed by atoms with Crippen molar-refractivity contribution in [3.8, 4) is 0 Å². The predicted octanol–water partition coefficient (Wildman–Crippen LogP) is -1.98. The van der Waals surface area contributed by atoms with Crippen LogP contribution in [0.15, 0.2) is 0 Å². The molecule has 0 aliphatic heterocycles. The van der Waals surface area contributed by atoms with E-state index in [1.54, 1.807) is 0 Å². The fraction of sp³-hybridized carbons (Fsp3) is 0.500. The van der Waals surface area contributed by atoms with E-state index in [-0.39, 0.29) is 30.2 Å². The molecule has 1 amide bonds. The van der Waals surface area contributed by atoms with Gasteiger partial charge in [0.2, 0.25) is 5.91 Å². The zero-order chi connectivity index (χ0) is 3.58. The topological polar surface area (TPSA) is 74.6 Å². The van der Waals surface area contributed by atoms with E-state index < -0.39 is 0 Å². The Bertz CT molecular complexity index is 34.5. The van der Waals surface area contributed by atoms with Gasteiger partial charge in [0.25, 0.3) is 0 Å². The molecule has 0 fully saturated rings. The van der Waals surface area contributed by atoms with Crippen molar-refractivity contribution in [2.24, 2.45) is 5.73 Å². The van der Waals surface area contributed by atoms with E-state index in [2.05, 4.69) is 5.73 Å². The first-order chi connectivity index (χ1) is 1.73. The molecule has 3 nitrogen and oxygen atoms in total. The fourth-order valence-corrected chi connectivity index (χ4v) is 0. The normalized spacial score (nSPS) is 4.17. The monoisotopic (exact) mass is 85.1 g/mol. The summed E-state index contributed by atoms with van der Waals surface area (Å²) < 4.78 is 0. The minimum atomic E-state index is -0.333. The first-order valence-electron chi connectivity index (χ1n) is 0.993. The molecular weight excluding hydrogens is 77.0 g/mol. The predicted molar refractivity (Wildman–Crippen MR) is 25.6 cm³/mol. The summed E-state index contributed by atoms with van der Waals surface area (Å²) in [6.07, 6.45) is 0. The molecule has 6 heavy (non-hydrogen) atoms. The van der Waals surface area contributed by atoms with Gasteiger partial charge in [0.1, 0.15) is 0 Å². The van der Waals surface area contributed by atoms with Crippen LogP contribution in [0.5, 0.6) is 0 Å². The molecule has 34 valence electrons. The second kappa shape index (κ2) is 8.90. The first kappa shape index (κ1) is 16.6.